The van der Waals surface area contributed by atoms with E-state index in [1.54, 1.807) is 4.31 Å². The minimum atomic E-state index is -3.19. The lowest BCUT2D eigenvalue weighted by molar-refractivity contribution is 0.248. The van der Waals surface area contributed by atoms with E-state index in [0.717, 1.165) is 38.5 Å². The van der Waals surface area contributed by atoms with Gasteiger partial charge in [-0.3, -0.25) is 0 Å². The average molecular weight is 238 g/mol. The number of sulfonamides is 1. The first-order chi connectivity index (χ1) is 6.61. The maximum Gasteiger partial charge on any atom is 0.228 e. The van der Waals surface area contributed by atoms with Gasteiger partial charge in [0, 0.05) is 12.1 Å². The van der Waals surface area contributed by atoms with Gasteiger partial charge < -0.3 is 0 Å². The van der Waals surface area contributed by atoms with E-state index in [1.165, 1.54) is 0 Å². The number of nitrogens with zero attached hydrogens (tertiary/aromatic N) is 1. The van der Waals surface area contributed by atoms with Crippen LogP contribution >= 0.6 is 11.6 Å². The molecule has 0 aromatic heterocycles. The van der Waals surface area contributed by atoms with Gasteiger partial charge in [-0.15, -0.1) is 11.6 Å². The number of rotatable bonds is 2. The molecule has 1 spiro atoms. The lowest BCUT2D eigenvalue weighted by Crippen LogP contribution is -2.45. The van der Waals surface area contributed by atoms with Gasteiger partial charge in [-0.25, -0.2) is 8.42 Å². The van der Waals surface area contributed by atoms with Crippen molar-refractivity contribution in [2.24, 2.45) is 0 Å². The summed E-state index contributed by atoms with van der Waals surface area (Å²) >= 11 is 5.51. The third-order valence-corrected chi connectivity index (χ3v) is 5.88. The van der Waals surface area contributed by atoms with E-state index >= 15 is 0 Å². The maximum atomic E-state index is 11.8. The molecule has 1 saturated heterocycles. The van der Waals surface area contributed by atoms with Gasteiger partial charge in [0.2, 0.25) is 10.0 Å². The van der Waals surface area contributed by atoms with Crippen molar-refractivity contribution in [3.05, 3.63) is 0 Å². The van der Waals surface area contributed by atoms with Crippen LogP contribution in [0.3, 0.4) is 0 Å². The fourth-order valence-corrected chi connectivity index (χ4v) is 4.68. The van der Waals surface area contributed by atoms with E-state index in [9.17, 15) is 8.42 Å². The molecule has 0 bridgehead atoms. The summed E-state index contributed by atoms with van der Waals surface area (Å²) in [6.07, 6.45) is 6.41. The normalized spacial score (nSPS) is 27.5. The topological polar surface area (TPSA) is 37.4 Å². The summed E-state index contributed by atoms with van der Waals surface area (Å²) in [4.78, 5) is 0. The van der Waals surface area contributed by atoms with Crippen LogP contribution in [0, 0.1) is 0 Å². The van der Waals surface area contributed by atoms with Crippen LogP contribution in [0.5, 0.6) is 0 Å². The second kappa shape index (κ2) is 3.65. The summed E-state index contributed by atoms with van der Waals surface area (Å²) in [7, 11) is -3.19. The van der Waals surface area contributed by atoms with Gasteiger partial charge in [0.15, 0.2) is 0 Å². The molecule has 1 aliphatic carbocycles. The van der Waals surface area contributed by atoms with E-state index in [4.69, 9.17) is 11.6 Å². The molecule has 14 heavy (non-hydrogen) atoms. The third kappa shape index (κ3) is 1.57. The van der Waals surface area contributed by atoms with Crippen LogP contribution in [-0.2, 0) is 10.0 Å². The van der Waals surface area contributed by atoms with Crippen LogP contribution in [-0.4, -0.2) is 30.0 Å². The lowest BCUT2D eigenvalue weighted by Gasteiger charge is -2.33. The molecule has 0 aromatic carbocycles. The molecule has 0 radical (unpaired) electrons. The van der Waals surface area contributed by atoms with Gasteiger partial charge in [-0.2, -0.15) is 4.31 Å². The van der Waals surface area contributed by atoms with Crippen molar-refractivity contribution in [3.8, 4) is 0 Å². The fourth-order valence-electron chi connectivity index (χ4n) is 2.94. The quantitative estimate of drug-likeness (QED) is 0.689. The van der Waals surface area contributed by atoms with Crippen molar-refractivity contribution in [1.82, 2.24) is 4.31 Å². The standard InChI is InChI=1S/C9H16ClNO2S/c10-8-14(12,13)11-7-3-6-9(11)4-1-2-5-9/h1-8H2. The average Bonchev–Trinajstić information content (AvgIpc) is 2.77. The van der Waals surface area contributed by atoms with Gasteiger partial charge in [0.25, 0.3) is 0 Å². The highest BCUT2D eigenvalue weighted by atomic mass is 35.5. The Kier molecular flexibility index (Phi) is 2.79. The molecular weight excluding hydrogens is 222 g/mol. The van der Waals surface area contributed by atoms with Crippen LogP contribution in [0.4, 0.5) is 0 Å². The highest BCUT2D eigenvalue weighted by molar-refractivity contribution is 7.90. The van der Waals surface area contributed by atoms with Crippen LogP contribution in [0.1, 0.15) is 38.5 Å². The Balaban J connectivity index is 2.27. The molecule has 82 valence electrons. The van der Waals surface area contributed by atoms with Crippen molar-refractivity contribution < 1.29 is 8.42 Å². The second-order valence-electron chi connectivity index (χ2n) is 4.33. The predicted molar refractivity (Wildman–Crippen MR) is 56.8 cm³/mol. The SMILES string of the molecule is O=S(=O)(CCl)N1CCCC12CCCC2. The summed E-state index contributed by atoms with van der Waals surface area (Å²) in [5.74, 6) is 0. The number of alkyl halides is 1. The second-order valence-corrected chi connectivity index (χ2v) is 6.81. The van der Waals surface area contributed by atoms with Crippen molar-refractivity contribution in [3.63, 3.8) is 0 Å². The Morgan fingerprint density at radius 1 is 1.14 bits per heavy atom. The van der Waals surface area contributed by atoms with Crippen molar-refractivity contribution >= 4 is 21.6 Å². The van der Waals surface area contributed by atoms with E-state index in [-0.39, 0.29) is 10.8 Å². The Morgan fingerprint density at radius 3 is 2.29 bits per heavy atom. The molecule has 0 aromatic rings. The highest BCUT2D eigenvalue weighted by Crippen LogP contribution is 2.44. The summed E-state index contributed by atoms with van der Waals surface area (Å²) < 4.78 is 25.2. The summed E-state index contributed by atoms with van der Waals surface area (Å²) in [6.45, 7) is 0.676. The van der Waals surface area contributed by atoms with E-state index < -0.39 is 10.0 Å². The summed E-state index contributed by atoms with van der Waals surface area (Å²) in [5.41, 5.74) is -0.0479. The van der Waals surface area contributed by atoms with Crippen LogP contribution < -0.4 is 0 Å². The van der Waals surface area contributed by atoms with E-state index in [2.05, 4.69) is 0 Å². The molecule has 0 unspecified atom stereocenters. The summed E-state index contributed by atoms with van der Waals surface area (Å²) in [6, 6.07) is 0. The first-order valence-corrected chi connectivity index (χ1v) is 7.32. The monoisotopic (exact) mass is 237 g/mol. The smallest absolute Gasteiger partial charge is 0.211 e. The van der Waals surface area contributed by atoms with Gasteiger partial charge in [0.1, 0.15) is 5.21 Å². The zero-order valence-corrected chi connectivity index (χ0v) is 9.78. The largest absolute Gasteiger partial charge is 0.228 e. The molecule has 0 amide bonds. The minimum Gasteiger partial charge on any atom is -0.211 e. The molecule has 5 heteroatoms. The molecule has 2 aliphatic rings. The Labute approximate surface area is 90.5 Å². The van der Waals surface area contributed by atoms with Gasteiger partial charge in [0.05, 0.1) is 0 Å². The van der Waals surface area contributed by atoms with Crippen molar-refractivity contribution in [2.45, 2.75) is 44.1 Å². The Hall–Kier alpha value is 0.200. The molecule has 2 rings (SSSR count). The molecule has 0 atom stereocenters. The summed E-state index contributed by atoms with van der Waals surface area (Å²) in [5, 5.41) is -0.269. The van der Waals surface area contributed by atoms with Crippen molar-refractivity contribution in [1.29, 1.82) is 0 Å². The molecule has 0 N–H and O–H groups in total. The maximum absolute atomic E-state index is 11.8. The number of hydrogen-bond donors (Lipinski definition) is 0. The molecule has 1 heterocycles. The van der Waals surface area contributed by atoms with Gasteiger partial charge in [-0.05, 0) is 25.7 Å². The van der Waals surface area contributed by atoms with Crippen LogP contribution in [0.2, 0.25) is 0 Å². The molecule has 2 fully saturated rings. The van der Waals surface area contributed by atoms with Crippen LogP contribution in [0.25, 0.3) is 0 Å². The minimum absolute atomic E-state index is 0.0479. The Morgan fingerprint density at radius 2 is 1.71 bits per heavy atom. The number of halogens is 1. The predicted octanol–water partition coefficient (Wildman–Crippen LogP) is 1.92. The fraction of sp³-hybridized carbons (Fsp3) is 1.00. The van der Waals surface area contributed by atoms with Gasteiger partial charge >= 0.3 is 0 Å². The third-order valence-electron chi connectivity index (χ3n) is 3.54. The zero-order valence-electron chi connectivity index (χ0n) is 8.21. The molecular formula is C9H16ClNO2S. The Bertz CT molecular complexity index is 303. The zero-order chi connectivity index (χ0) is 10.2. The van der Waals surface area contributed by atoms with Crippen LogP contribution in [0.15, 0.2) is 0 Å². The van der Waals surface area contributed by atoms with E-state index in [0.29, 0.717) is 6.54 Å². The number of hydrogen-bond acceptors (Lipinski definition) is 2. The molecule has 1 aliphatic heterocycles. The molecule has 3 nitrogen and oxygen atoms in total. The van der Waals surface area contributed by atoms with Gasteiger partial charge in [-0.1, -0.05) is 12.8 Å². The highest BCUT2D eigenvalue weighted by Gasteiger charge is 2.47. The lowest BCUT2D eigenvalue weighted by atomic mass is 9.96. The molecule has 1 saturated carbocycles. The van der Waals surface area contributed by atoms with Crippen molar-refractivity contribution in [2.75, 3.05) is 11.8 Å². The first-order valence-electron chi connectivity index (χ1n) is 5.17. The first kappa shape index (κ1) is 10.7. The van der Waals surface area contributed by atoms with E-state index in [1.807, 2.05) is 0 Å².